The van der Waals surface area contributed by atoms with Crippen molar-refractivity contribution in [3.8, 4) is 5.75 Å². The molecule has 0 unspecified atom stereocenters. The lowest BCUT2D eigenvalue weighted by Gasteiger charge is -2.16. The van der Waals surface area contributed by atoms with Crippen LogP contribution in [0.3, 0.4) is 0 Å². The number of nitro benzene ring substituents is 1. The molecular weight excluding hydrogens is 308 g/mol. The van der Waals surface area contributed by atoms with Crippen LogP contribution < -0.4 is 10.1 Å². The number of carbonyl (C=O) groups is 1. The van der Waals surface area contributed by atoms with E-state index in [4.69, 9.17) is 4.74 Å². The van der Waals surface area contributed by atoms with Crippen molar-refractivity contribution in [2.24, 2.45) is 0 Å². The summed E-state index contributed by atoms with van der Waals surface area (Å²) in [6.45, 7) is 0.311. The molecular formula is C18H18N2O4. The quantitative estimate of drug-likeness (QED) is 0.626. The molecule has 0 aromatic heterocycles. The monoisotopic (exact) mass is 326 g/mol. The van der Waals surface area contributed by atoms with Crippen molar-refractivity contribution in [1.82, 2.24) is 5.32 Å². The summed E-state index contributed by atoms with van der Waals surface area (Å²) in [4.78, 5) is 22.4. The van der Waals surface area contributed by atoms with Crippen molar-refractivity contribution in [2.45, 2.75) is 18.3 Å². The number of carbonyl (C=O) groups excluding carboxylic acids is 1. The van der Waals surface area contributed by atoms with Gasteiger partial charge in [-0.1, -0.05) is 42.5 Å². The molecule has 0 heterocycles. The van der Waals surface area contributed by atoms with Gasteiger partial charge < -0.3 is 10.1 Å². The predicted molar refractivity (Wildman–Crippen MR) is 89.0 cm³/mol. The second-order valence-electron chi connectivity index (χ2n) is 5.94. The molecule has 1 N–H and O–H groups in total. The van der Waals surface area contributed by atoms with Crippen molar-refractivity contribution in [3.05, 3.63) is 70.3 Å². The van der Waals surface area contributed by atoms with E-state index in [-0.39, 0.29) is 29.4 Å². The first-order valence-corrected chi connectivity index (χ1v) is 7.79. The number of ether oxygens (including phenoxy) is 1. The summed E-state index contributed by atoms with van der Waals surface area (Å²) in [5, 5.41) is 13.8. The molecule has 124 valence electrons. The lowest BCUT2D eigenvalue weighted by Crippen LogP contribution is -2.35. The number of nitrogens with one attached hydrogen (secondary N) is 1. The fourth-order valence-electron chi connectivity index (χ4n) is 2.70. The molecule has 0 radical (unpaired) electrons. The van der Waals surface area contributed by atoms with E-state index in [1.807, 2.05) is 18.2 Å². The average molecular weight is 326 g/mol. The molecule has 0 spiro atoms. The van der Waals surface area contributed by atoms with Gasteiger partial charge in [0.1, 0.15) is 0 Å². The molecule has 6 nitrogen and oxygen atoms in total. The smallest absolute Gasteiger partial charge is 0.310 e. The van der Waals surface area contributed by atoms with Crippen LogP contribution in [0.5, 0.6) is 5.75 Å². The molecule has 1 aliphatic carbocycles. The Labute approximate surface area is 139 Å². The van der Waals surface area contributed by atoms with Crippen LogP contribution in [0.4, 0.5) is 5.69 Å². The van der Waals surface area contributed by atoms with Crippen LogP contribution in [-0.4, -0.2) is 24.0 Å². The van der Waals surface area contributed by atoms with Crippen LogP contribution in [0.1, 0.15) is 18.4 Å². The van der Waals surface area contributed by atoms with E-state index >= 15 is 0 Å². The maximum absolute atomic E-state index is 12.0. The second kappa shape index (κ2) is 6.70. The number of nitrogens with zero attached hydrogens (tertiary/aromatic N) is 1. The van der Waals surface area contributed by atoms with Gasteiger partial charge in [-0.3, -0.25) is 14.9 Å². The van der Waals surface area contributed by atoms with E-state index in [1.165, 1.54) is 17.7 Å². The molecule has 1 saturated carbocycles. The highest BCUT2D eigenvalue weighted by molar-refractivity contribution is 5.77. The molecule has 24 heavy (non-hydrogen) atoms. The standard InChI is InChI=1S/C18H18N2O4/c21-17(12-24-16-9-5-4-8-15(16)20(22)23)19-13-18(10-11-18)14-6-2-1-3-7-14/h1-9H,10-13H2,(H,19,21). The number of para-hydroxylation sites is 2. The molecule has 0 aliphatic heterocycles. The third-order valence-electron chi connectivity index (χ3n) is 4.28. The van der Waals surface area contributed by atoms with Crippen LogP contribution in [0.25, 0.3) is 0 Å². The first-order chi connectivity index (χ1) is 11.6. The lowest BCUT2D eigenvalue weighted by atomic mass is 9.96. The van der Waals surface area contributed by atoms with Gasteiger partial charge in [0.2, 0.25) is 0 Å². The van der Waals surface area contributed by atoms with Crippen molar-refractivity contribution < 1.29 is 14.5 Å². The van der Waals surface area contributed by atoms with Gasteiger partial charge in [0.05, 0.1) is 4.92 Å². The molecule has 2 aromatic rings. The fourth-order valence-corrected chi connectivity index (χ4v) is 2.70. The molecule has 0 atom stereocenters. The molecule has 1 fully saturated rings. The maximum atomic E-state index is 12.0. The van der Waals surface area contributed by atoms with Gasteiger partial charge in [-0.15, -0.1) is 0 Å². The third-order valence-corrected chi connectivity index (χ3v) is 4.28. The van der Waals surface area contributed by atoms with Gasteiger partial charge in [0, 0.05) is 18.0 Å². The summed E-state index contributed by atoms with van der Waals surface area (Å²) < 4.78 is 5.30. The van der Waals surface area contributed by atoms with Crippen molar-refractivity contribution in [3.63, 3.8) is 0 Å². The van der Waals surface area contributed by atoms with Gasteiger partial charge in [-0.2, -0.15) is 0 Å². The number of hydrogen-bond donors (Lipinski definition) is 1. The van der Waals surface area contributed by atoms with Gasteiger partial charge >= 0.3 is 5.69 Å². The number of amides is 1. The van der Waals surface area contributed by atoms with Crippen LogP contribution in [0.2, 0.25) is 0 Å². The van der Waals surface area contributed by atoms with Gasteiger partial charge in [0.15, 0.2) is 12.4 Å². The molecule has 6 heteroatoms. The van der Waals surface area contributed by atoms with Crippen molar-refractivity contribution in [1.29, 1.82) is 0 Å². The fraction of sp³-hybridized carbons (Fsp3) is 0.278. The SMILES string of the molecule is O=C(COc1ccccc1[N+](=O)[O-])NCC1(c2ccccc2)CC1. The zero-order valence-corrected chi connectivity index (χ0v) is 13.1. The van der Waals surface area contributed by atoms with E-state index in [2.05, 4.69) is 17.4 Å². The minimum absolute atomic E-state index is 0.0235. The Kier molecular flexibility index (Phi) is 4.46. The topological polar surface area (TPSA) is 81.5 Å². The highest BCUT2D eigenvalue weighted by Gasteiger charge is 2.44. The van der Waals surface area contributed by atoms with E-state index < -0.39 is 4.92 Å². The molecule has 1 aliphatic rings. The first-order valence-electron chi connectivity index (χ1n) is 7.79. The summed E-state index contributed by atoms with van der Waals surface area (Å²) in [5.41, 5.74) is 1.11. The predicted octanol–water partition coefficient (Wildman–Crippen LogP) is 2.82. The number of rotatable bonds is 7. The number of hydrogen-bond acceptors (Lipinski definition) is 4. The molecule has 0 saturated heterocycles. The third kappa shape index (κ3) is 3.53. The number of nitro groups is 1. The summed E-state index contributed by atoms with van der Waals surface area (Å²) in [6, 6.07) is 16.1. The Morgan fingerprint density at radius 3 is 2.46 bits per heavy atom. The molecule has 3 rings (SSSR count). The second-order valence-corrected chi connectivity index (χ2v) is 5.94. The van der Waals surface area contributed by atoms with Crippen molar-refractivity contribution >= 4 is 11.6 Å². The Bertz CT molecular complexity index is 742. The van der Waals surface area contributed by atoms with Crippen LogP contribution in [0, 0.1) is 10.1 Å². The normalized spacial score (nSPS) is 14.7. The summed E-state index contributed by atoms with van der Waals surface area (Å²) in [6.07, 6.45) is 2.09. The average Bonchev–Trinajstić information content (AvgIpc) is 3.40. The van der Waals surface area contributed by atoms with E-state index in [0.29, 0.717) is 6.54 Å². The van der Waals surface area contributed by atoms with Gasteiger partial charge in [0.25, 0.3) is 5.91 Å². The highest BCUT2D eigenvalue weighted by atomic mass is 16.6. The van der Waals surface area contributed by atoms with Crippen LogP contribution in [-0.2, 0) is 10.2 Å². The van der Waals surface area contributed by atoms with Crippen LogP contribution >= 0.6 is 0 Å². The first kappa shape index (κ1) is 16.0. The van der Waals surface area contributed by atoms with E-state index in [9.17, 15) is 14.9 Å². The summed E-state index contributed by atoms with van der Waals surface area (Å²) >= 11 is 0. The lowest BCUT2D eigenvalue weighted by molar-refractivity contribution is -0.385. The largest absolute Gasteiger partial charge is 0.477 e. The van der Waals surface area contributed by atoms with Crippen LogP contribution in [0.15, 0.2) is 54.6 Å². The number of benzene rings is 2. The molecule has 0 bridgehead atoms. The Morgan fingerprint density at radius 1 is 1.12 bits per heavy atom. The maximum Gasteiger partial charge on any atom is 0.310 e. The zero-order chi connectivity index (χ0) is 17.0. The minimum atomic E-state index is -0.526. The van der Waals surface area contributed by atoms with Gasteiger partial charge in [-0.25, -0.2) is 0 Å². The molecule has 1 amide bonds. The summed E-state index contributed by atoms with van der Waals surface area (Å²) in [7, 11) is 0. The minimum Gasteiger partial charge on any atom is -0.477 e. The van der Waals surface area contributed by atoms with Crippen molar-refractivity contribution in [2.75, 3.05) is 13.2 Å². The van der Waals surface area contributed by atoms with Gasteiger partial charge in [-0.05, 0) is 24.5 Å². The summed E-state index contributed by atoms with van der Waals surface area (Å²) in [5.74, 6) is -0.183. The Balaban J connectivity index is 1.53. The Morgan fingerprint density at radius 2 is 1.79 bits per heavy atom. The molecule has 2 aromatic carbocycles. The van der Waals surface area contributed by atoms with E-state index in [0.717, 1.165) is 12.8 Å². The Hall–Kier alpha value is -2.89. The zero-order valence-electron chi connectivity index (χ0n) is 13.1. The van der Waals surface area contributed by atoms with E-state index in [1.54, 1.807) is 12.1 Å². The highest BCUT2D eigenvalue weighted by Crippen LogP contribution is 2.47.